The van der Waals surface area contributed by atoms with Crippen LogP contribution in [-0.4, -0.2) is 16.2 Å². The Morgan fingerprint density at radius 1 is 1.43 bits per heavy atom. The van der Waals surface area contributed by atoms with E-state index in [4.69, 9.17) is 10.5 Å². The van der Waals surface area contributed by atoms with E-state index in [-0.39, 0.29) is 0 Å². The highest BCUT2D eigenvalue weighted by Crippen LogP contribution is 2.28. The van der Waals surface area contributed by atoms with Gasteiger partial charge >= 0.3 is 0 Å². The van der Waals surface area contributed by atoms with Gasteiger partial charge in [-0.2, -0.15) is 4.98 Å². The lowest BCUT2D eigenvalue weighted by Gasteiger charge is -2.05. The fraction of sp³-hybridized carbons (Fsp3) is 0.700. The minimum absolute atomic E-state index is 0.359. The van der Waals surface area contributed by atoms with Gasteiger partial charge in [0.25, 0.3) is 6.01 Å². The SMILES string of the molecule is CC(C)c1nc2n(c1N)CCCCO2. The molecule has 0 amide bonds. The van der Waals surface area contributed by atoms with Gasteiger partial charge in [-0.15, -0.1) is 0 Å². The van der Waals surface area contributed by atoms with Crippen LogP contribution < -0.4 is 10.5 Å². The van der Waals surface area contributed by atoms with Gasteiger partial charge in [-0.1, -0.05) is 13.8 Å². The van der Waals surface area contributed by atoms with Crippen molar-refractivity contribution in [2.75, 3.05) is 12.3 Å². The number of hydrogen-bond acceptors (Lipinski definition) is 3. The highest BCUT2D eigenvalue weighted by molar-refractivity contribution is 5.42. The molecule has 1 aliphatic heterocycles. The molecule has 0 saturated heterocycles. The van der Waals surface area contributed by atoms with E-state index in [2.05, 4.69) is 18.8 Å². The molecule has 0 bridgehead atoms. The maximum atomic E-state index is 6.01. The summed E-state index contributed by atoms with van der Waals surface area (Å²) in [5.41, 5.74) is 6.98. The molecule has 4 nitrogen and oxygen atoms in total. The number of nitrogens with two attached hydrogens (primary N) is 1. The Morgan fingerprint density at radius 2 is 2.21 bits per heavy atom. The summed E-state index contributed by atoms with van der Waals surface area (Å²) in [6.45, 7) is 5.88. The number of nitrogen functional groups attached to an aromatic ring is 1. The molecule has 1 aromatic rings. The molecule has 0 saturated carbocycles. The lowest BCUT2D eigenvalue weighted by Crippen LogP contribution is -2.04. The van der Waals surface area contributed by atoms with E-state index in [1.165, 1.54) is 0 Å². The van der Waals surface area contributed by atoms with E-state index >= 15 is 0 Å². The van der Waals surface area contributed by atoms with Gasteiger partial charge in [0.1, 0.15) is 5.82 Å². The van der Waals surface area contributed by atoms with Crippen molar-refractivity contribution < 1.29 is 4.74 Å². The van der Waals surface area contributed by atoms with Crippen LogP contribution in [0, 0.1) is 0 Å². The lowest BCUT2D eigenvalue weighted by molar-refractivity contribution is 0.294. The highest BCUT2D eigenvalue weighted by atomic mass is 16.5. The summed E-state index contributed by atoms with van der Waals surface area (Å²) >= 11 is 0. The van der Waals surface area contributed by atoms with Gasteiger partial charge in [-0.25, -0.2) is 0 Å². The third-order valence-electron chi connectivity index (χ3n) is 2.55. The molecule has 0 radical (unpaired) electrons. The molecule has 0 unspecified atom stereocenters. The average Bonchev–Trinajstić information content (AvgIpc) is 2.37. The average molecular weight is 195 g/mol. The van der Waals surface area contributed by atoms with Gasteiger partial charge in [0.15, 0.2) is 0 Å². The first-order chi connectivity index (χ1) is 6.70. The van der Waals surface area contributed by atoms with Crippen LogP contribution in [0.15, 0.2) is 0 Å². The van der Waals surface area contributed by atoms with Crippen molar-refractivity contribution in [3.8, 4) is 6.01 Å². The van der Waals surface area contributed by atoms with Crippen molar-refractivity contribution in [3.05, 3.63) is 5.69 Å². The summed E-state index contributed by atoms with van der Waals surface area (Å²) in [5, 5.41) is 0. The van der Waals surface area contributed by atoms with Gasteiger partial charge in [-0.05, 0) is 18.8 Å². The summed E-state index contributed by atoms with van der Waals surface area (Å²) in [7, 11) is 0. The van der Waals surface area contributed by atoms with E-state index in [0.29, 0.717) is 11.9 Å². The first-order valence-electron chi connectivity index (χ1n) is 5.19. The number of hydrogen-bond donors (Lipinski definition) is 1. The van der Waals surface area contributed by atoms with Crippen LogP contribution in [-0.2, 0) is 6.54 Å². The van der Waals surface area contributed by atoms with E-state index in [1.54, 1.807) is 0 Å². The van der Waals surface area contributed by atoms with E-state index in [9.17, 15) is 0 Å². The molecule has 78 valence electrons. The molecular formula is C10H17N3O. The Kier molecular flexibility index (Phi) is 2.35. The quantitative estimate of drug-likeness (QED) is 0.743. The fourth-order valence-electron chi connectivity index (χ4n) is 1.75. The van der Waals surface area contributed by atoms with Gasteiger partial charge in [0, 0.05) is 6.54 Å². The summed E-state index contributed by atoms with van der Waals surface area (Å²) in [6.07, 6.45) is 2.20. The van der Waals surface area contributed by atoms with E-state index in [0.717, 1.165) is 37.5 Å². The van der Waals surface area contributed by atoms with Crippen LogP contribution in [0.5, 0.6) is 6.01 Å². The predicted octanol–water partition coefficient (Wildman–Crippen LogP) is 1.76. The zero-order valence-corrected chi connectivity index (χ0v) is 8.79. The zero-order valence-electron chi connectivity index (χ0n) is 8.79. The summed E-state index contributed by atoms with van der Waals surface area (Å²) < 4.78 is 7.52. The van der Waals surface area contributed by atoms with E-state index < -0.39 is 0 Å². The van der Waals surface area contributed by atoms with Crippen LogP contribution in [0.1, 0.15) is 38.3 Å². The van der Waals surface area contributed by atoms with Crippen molar-refractivity contribution in [1.29, 1.82) is 0 Å². The third-order valence-corrected chi connectivity index (χ3v) is 2.55. The van der Waals surface area contributed by atoms with Crippen molar-refractivity contribution >= 4 is 5.82 Å². The minimum atomic E-state index is 0.359. The Balaban J connectivity index is 2.40. The standard InChI is InChI=1S/C10H17N3O/c1-7(2)8-9(11)13-5-3-4-6-14-10(13)12-8/h7H,3-6,11H2,1-2H3. The number of fused-ring (bicyclic) bond motifs is 1. The molecule has 14 heavy (non-hydrogen) atoms. The molecule has 0 aromatic carbocycles. The van der Waals surface area contributed by atoms with Crippen molar-refractivity contribution in [2.24, 2.45) is 0 Å². The molecular weight excluding hydrogens is 178 g/mol. The summed E-state index contributed by atoms with van der Waals surface area (Å²) in [4.78, 5) is 4.43. The first kappa shape index (κ1) is 9.37. The molecule has 2 heterocycles. The van der Waals surface area contributed by atoms with Crippen molar-refractivity contribution in [1.82, 2.24) is 9.55 Å². The second kappa shape index (κ2) is 3.52. The summed E-state index contributed by atoms with van der Waals surface area (Å²) in [6, 6.07) is 0.698. The van der Waals surface area contributed by atoms with Gasteiger partial charge in [0.05, 0.1) is 12.3 Å². The number of imidazole rings is 1. The van der Waals surface area contributed by atoms with Crippen LogP contribution in [0.4, 0.5) is 5.82 Å². The van der Waals surface area contributed by atoms with Gasteiger partial charge < -0.3 is 10.5 Å². The van der Waals surface area contributed by atoms with E-state index in [1.807, 2.05) is 4.57 Å². The Morgan fingerprint density at radius 3 is 2.93 bits per heavy atom. The predicted molar refractivity (Wildman–Crippen MR) is 55.5 cm³/mol. The largest absolute Gasteiger partial charge is 0.465 e. The monoisotopic (exact) mass is 195 g/mol. The van der Waals surface area contributed by atoms with Gasteiger partial charge in [0.2, 0.25) is 0 Å². The number of ether oxygens (including phenoxy) is 1. The maximum absolute atomic E-state index is 6.01. The first-order valence-corrected chi connectivity index (χ1v) is 5.19. The molecule has 0 aliphatic carbocycles. The van der Waals surface area contributed by atoms with Crippen LogP contribution in [0.25, 0.3) is 0 Å². The number of rotatable bonds is 1. The van der Waals surface area contributed by atoms with Crippen LogP contribution in [0.2, 0.25) is 0 Å². The molecule has 2 N–H and O–H groups in total. The number of anilines is 1. The molecule has 0 fully saturated rings. The van der Waals surface area contributed by atoms with Crippen LogP contribution >= 0.6 is 0 Å². The number of nitrogens with zero attached hydrogens (tertiary/aromatic N) is 2. The Hall–Kier alpha value is -1.19. The molecule has 0 spiro atoms. The lowest BCUT2D eigenvalue weighted by atomic mass is 10.1. The Bertz CT molecular complexity index is 330. The van der Waals surface area contributed by atoms with Crippen molar-refractivity contribution in [3.63, 3.8) is 0 Å². The molecule has 2 rings (SSSR count). The maximum Gasteiger partial charge on any atom is 0.298 e. The zero-order chi connectivity index (χ0) is 10.1. The minimum Gasteiger partial charge on any atom is -0.465 e. The molecule has 1 aliphatic rings. The second-order valence-corrected chi connectivity index (χ2v) is 4.03. The number of aromatic nitrogens is 2. The topological polar surface area (TPSA) is 53.1 Å². The second-order valence-electron chi connectivity index (χ2n) is 4.03. The third kappa shape index (κ3) is 1.45. The van der Waals surface area contributed by atoms with Crippen LogP contribution in [0.3, 0.4) is 0 Å². The molecule has 4 heteroatoms. The molecule has 0 atom stereocenters. The summed E-state index contributed by atoms with van der Waals surface area (Å²) in [5.74, 6) is 1.13. The fourth-order valence-corrected chi connectivity index (χ4v) is 1.75. The highest BCUT2D eigenvalue weighted by Gasteiger charge is 2.19. The van der Waals surface area contributed by atoms with Crippen molar-refractivity contribution in [2.45, 2.75) is 39.2 Å². The normalized spacial score (nSPS) is 16.2. The smallest absolute Gasteiger partial charge is 0.298 e. The van der Waals surface area contributed by atoms with Gasteiger partial charge in [-0.3, -0.25) is 4.57 Å². The Labute approximate surface area is 84.1 Å². The molecule has 1 aromatic heterocycles.